The number of nitrogens with zero attached hydrogens (tertiary/aromatic N) is 2. The summed E-state index contributed by atoms with van der Waals surface area (Å²) in [7, 11) is -2.07. The first kappa shape index (κ1) is 23.1. The first-order valence-electron chi connectivity index (χ1n) is 9.34. The smallest absolute Gasteiger partial charge is 0.253 e. The van der Waals surface area contributed by atoms with Crippen molar-refractivity contribution in [3.05, 3.63) is 29.8 Å². The van der Waals surface area contributed by atoms with E-state index in [-0.39, 0.29) is 29.8 Å². The third kappa shape index (κ3) is 5.65. The highest BCUT2D eigenvalue weighted by molar-refractivity contribution is 7.89. The first-order chi connectivity index (χ1) is 13.0. The molecule has 1 atom stereocenters. The second-order valence-corrected chi connectivity index (χ2v) is 8.66. The van der Waals surface area contributed by atoms with Crippen LogP contribution in [0.1, 0.15) is 16.8 Å². The number of rotatable bonds is 7. The topological polar surface area (TPSA) is 91.0 Å². The fourth-order valence-electron chi connectivity index (χ4n) is 3.59. The van der Waals surface area contributed by atoms with E-state index in [0.29, 0.717) is 18.2 Å². The van der Waals surface area contributed by atoms with Crippen LogP contribution in [-0.4, -0.2) is 89.7 Å². The fraction of sp³-hybridized carbons (Fsp3) is 0.611. The van der Waals surface area contributed by atoms with E-state index in [1.165, 1.54) is 19.2 Å². The minimum absolute atomic E-state index is 0. The Morgan fingerprint density at radius 2 is 1.89 bits per heavy atom. The molecule has 2 aliphatic heterocycles. The largest absolute Gasteiger partial charge is 0.383 e. The van der Waals surface area contributed by atoms with Crippen LogP contribution in [0.3, 0.4) is 0 Å². The SMILES string of the molecule is COCCNS(=O)(=O)c1ccc(C(=O)N2CCC(N3CCNCC3)C2)cc1.Cl. The van der Waals surface area contributed by atoms with Crippen LogP contribution in [0, 0.1) is 0 Å². The van der Waals surface area contributed by atoms with Gasteiger partial charge >= 0.3 is 0 Å². The van der Waals surface area contributed by atoms with Gasteiger partial charge in [0.2, 0.25) is 10.0 Å². The summed E-state index contributed by atoms with van der Waals surface area (Å²) in [5.41, 5.74) is 0.520. The van der Waals surface area contributed by atoms with Crippen molar-refractivity contribution in [2.75, 3.05) is 59.5 Å². The van der Waals surface area contributed by atoms with Gasteiger partial charge in [0.15, 0.2) is 0 Å². The maximum Gasteiger partial charge on any atom is 0.253 e. The molecule has 2 aliphatic rings. The summed E-state index contributed by atoms with van der Waals surface area (Å²) in [5.74, 6) is -0.0380. The molecule has 10 heteroatoms. The quantitative estimate of drug-likeness (QED) is 0.596. The van der Waals surface area contributed by atoms with Gasteiger partial charge in [-0.2, -0.15) is 0 Å². The molecule has 0 aromatic heterocycles. The normalized spacial score (nSPS) is 20.8. The molecule has 2 fully saturated rings. The lowest BCUT2D eigenvalue weighted by molar-refractivity contribution is 0.0773. The van der Waals surface area contributed by atoms with Crippen molar-refractivity contribution in [3.8, 4) is 0 Å². The monoisotopic (exact) mass is 432 g/mol. The van der Waals surface area contributed by atoms with Crippen molar-refractivity contribution in [3.63, 3.8) is 0 Å². The number of benzene rings is 1. The average Bonchev–Trinajstić information content (AvgIpc) is 3.18. The van der Waals surface area contributed by atoms with Crippen molar-refractivity contribution in [1.29, 1.82) is 0 Å². The molecule has 158 valence electrons. The number of sulfonamides is 1. The minimum atomic E-state index is -3.58. The van der Waals surface area contributed by atoms with Crippen molar-refractivity contribution in [1.82, 2.24) is 19.8 Å². The van der Waals surface area contributed by atoms with Gasteiger partial charge in [-0.1, -0.05) is 0 Å². The van der Waals surface area contributed by atoms with Crippen LogP contribution < -0.4 is 10.0 Å². The minimum Gasteiger partial charge on any atom is -0.383 e. The summed E-state index contributed by atoms with van der Waals surface area (Å²) < 4.78 is 31.7. The highest BCUT2D eigenvalue weighted by Gasteiger charge is 2.31. The number of ether oxygens (including phenoxy) is 1. The molecule has 2 N–H and O–H groups in total. The number of carbonyl (C=O) groups excluding carboxylic acids is 1. The Balaban J connectivity index is 0.00000280. The molecule has 2 heterocycles. The molecule has 2 saturated heterocycles. The summed E-state index contributed by atoms with van der Waals surface area (Å²) in [6, 6.07) is 6.55. The average molecular weight is 433 g/mol. The van der Waals surface area contributed by atoms with Crippen molar-refractivity contribution in [2.24, 2.45) is 0 Å². The summed E-state index contributed by atoms with van der Waals surface area (Å²) in [4.78, 5) is 17.2. The molecule has 1 amide bonds. The second-order valence-electron chi connectivity index (χ2n) is 6.89. The van der Waals surface area contributed by atoms with E-state index < -0.39 is 10.0 Å². The fourth-order valence-corrected chi connectivity index (χ4v) is 4.61. The lowest BCUT2D eigenvalue weighted by Gasteiger charge is -2.32. The van der Waals surface area contributed by atoms with E-state index in [4.69, 9.17) is 4.74 Å². The van der Waals surface area contributed by atoms with Crippen LogP contribution >= 0.6 is 12.4 Å². The number of hydrogen-bond donors (Lipinski definition) is 2. The summed E-state index contributed by atoms with van der Waals surface area (Å²) >= 11 is 0. The molecule has 0 saturated carbocycles. The Hall–Kier alpha value is -1.23. The van der Waals surface area contributed by atoms with Gasteiger partial charge in [0.1, 0.15) is 0 Å². The zero-order valence-corrected chi connectivity index (χ0v) is 17.7. The maximum absolute atomic E-state index is 12.8. The van der Waals surface area contributed by atoms with Gasteiger partial charge in [-0.05, 0) is 30.7 Å². The van der Waals surface area contributed by atoms with E-state index in [1.807, 2.05) is 4.90 Å². The van der Waals surface area contributed by atoms with Crippen LogP contribution in [0.25, 0.3) is 0 Å². The van der Waals surface area contributed by atoms with Crippen molar-refractivity contribution < 1.29 is 17.9 Å². The molecule has 0 radical (unpaired) electrons. The van der Waals surface area contributed by atoms with Gasteiger partial charge in [0, 0.05) is 64.5 Å². The lowest BCUT2D eigenvalue weighted by Crippen LogP contribution is -2.49. The van der Waals surface area contributed by atoms with E-state index in [9.17, 15) is 13.2 Å². The number of carbonyl (C=O) groups is 1. The number of piperazine rings is 1. The Kier molecular flexibility index (Phi) is 8.66. The number of nitrogens with one attached hydrogen (secondary N) is 2. The molecule has 1 aromatic rings. The second kappa shape index (κ2) is 10.5. The van der Waals surface area contributed by atoms with E-state index in [0.717, 1.165) is 45.7 Å². The highest BCUT2D eigenvalue weighted by Crippen LogP contribution is 2.19. The van der Waals surface area contributed by atoms with Crippen LogP contribution in [0.4, 0.5) is 0 Å². The molecule has 28 heavy (non-hydrogen) atoms. The molecule has 3 rings (SSSR count). The van der Waals surface area contributed by atoms with Gasteiger partial charge in [0.25, 0.3) is 5.91 Å². The Bertz CT molecular complexity index is 738. The van der Waals surface area contributed by atoms with Crippen LogP contribution in [0.2, 0.25) is 0 Å². The Morgan fingerprint density at radius 1 is 1.21 bits per heavy atom. The summed E-state index contributed by atoms with van der Waals surface area (Å²) in [6.45, 7) is 6.03. The van der Waals surface area contributed by atoms with Gasteiger partial charge < -0.3 is 15.0 Å². The molecular weight excluding hydrogens is 404 g/mol. The molecule has 8 nitrogen and oxygen atoms in total. The van der Waals surface area contributed by atoms with Crippen LogP contribution in [-0.2, 0) is 14.8 Å². The van der Waals surface area contributed by atoms with E-state index in [2.05, 4.69) is 14.9 Å². The zero-order valence-electron chi connectivity index (χ0n) is 16.1. The number of likely N-dealkylation sites (tertiary alicyclic amines) is 1. The van der Waals surface area contributed by atoms with Gasteiger partial charge in [0.05, 0.1) is 11.5 Å². The molecule has 0 aliphatic carbocycles. The van der Waals surface area contributed by atoms with E-state index in [1.54, 1.807) is 12.1 Å². The first-order valence-corrected chi connectivity index (χ1v) is 10.8. The zero-order chi connectivity index (χ0) is 19.3. The molecule has 0 bridgehead atoms. The molecule has 1 unspecified atom stereocenters. The third-order valence-corrected chi connectivity index (χ3v) is 6.61. The predicted octanol–water partition coefficient (Wildman–Crippen LogP) is 0.153. The van der Waals surface area contributed by atoms with Gasteiger partial charge in [-0.15, -0.1) is 12.4 Å². The molecule has 1 aromatic carbocycles. The Morgan fingerprint density at radius 3 is 2.54 bits per heavy atom. The summed E-state index contributed by atoms with van der Waals surface area (Å²) in [5, 5.41) is 3.35. The van der Waals surface area contributed by atoms with Crippen molar-refractivity contribution in [2.45, 2.75) is 17.4 Å². The highest BCUT2D eigenvalue weighted by atomic mass is 35.5. The number of amides is 1. The lowest BCUT2D eigenvalue weighted by atomic mass is 10.2. The number of halogens is 1. The van der Waals surface area contributed by atoms with Gasteiger partial charge in [-0.25, -0.2) is 13.1 Å². The van der Waals surface area contributed by atoms with E-state index >= 15 is 0 Å². The van der Waals surface area contributed by atoms with Crippen molar-refractivity contribution >= 4 is 28.3 Å². The maximum atomic E-state index is 12.8. The van der Waals surface area contributed by atoms with Crippen LogP contribution in [0.15, 0.2) is 29.2 Å². The predicted molar refractivity (Wildman–Crippen MR) is 110 cm³/mol. The summed E-state index contributed by atoms with van der Waals surface area (Å²) in [6.07, 6.45) is 0.988. The van der Waals surface area contributed by atoms with Gasteiger partial charge in [-0.3, -0.25) is 9.69 Å². The third-order valence-electron chi connectivity index (χ3n) is 5.13. The number of methoxy groups -OCH3 is 1. The standard InChI is InChI=1S/C18H28N4O4S.ClH/c1-26-13-9-20-27(24,25)17-4-2-15(3-5-17)18(23)22-10-6-16(14-22)21-11-7-19-8-12-21;/h2-5,16,19-20H,6-14H2,1H3;1H. The molecule has 0 spiro atoms. The number of hydrogen-bond acceptors (Lipinski definition) is 6. The van der Waals surface area contributed by atoms with Crippen LogP contribution in [0.5, 0.6) is 0 Å². The Labute approximate surface area is 173 Å². The molecular formula is C18H29ClN4O4S.